The van der Waals surface area contributed by atoms with Gasteiger partial charge in [-0.3, -0.25) is 0 Å². The Bertz CT molecular complexity index is 1090. The first-order chi connectivity index (χ1) is 14.1. The first kappa shape index (κ1) is 18.3. The highest BCUT2D eigenvalue weighted by Gasteiger charge is 2.31. The largest absolute Gasteiger partial charge is 0.710 e. The summed E-state index contributed by atoms with van der Waals surface area (Å²) in [6.45, 7) is 0. The molecule has 0 atom stereocenters. The van der Waals surface area contributed by atoms with Gasteiger partial charge in [0.25, 0.3) is 0 Å². The summed E-state index contributed by atoms with van der Waals surface area (Å²) in [7, 11) is 1.30. The Morgan fingerprint density at radius 2 is 1.41 bits per heavy atom. The Hall–Kier alpha value is -4.06. The van der Waals surface area contributed by atoms with Crippen molar-refractivity contribution < 1.29 is 19.5 Å². The van der Waals surface area contributed by atoms with E-state index in [0.717, 1.165) is 4.73 Å². The molecular formula is C23H18N2O4. The lowest BCUT2D eigenvalue weighted by molar-refractivity contribution is -0.582. The van der Waals surface area contributed by atoms with E-state index in [-0.39, 0.29) is 5.82 Å². The van der Waals surface area contributed by atoms with Crippen molar-refractivity contribution in [3.05, 3.63) is 95.7 Å². The number of esters is 1. The van der Waals surface area contributed by atoms with Crippen molar-refractivity contribution in [1.82, 2.24) is 4.73 Å². The normalized spacial score (nSPS) is 10.7. The number of aromatic nitrogens is 2. The standard InChI is InChI=1S/C23H18N2O4/c1-29-23(26)19-14-12-18(13-15-19)22-24(27)20(16-8-4-2-5-9-16)21(25(22)28)17-10-6-3-7-11-17/h2-15,27H,1H3. The van der Waals surface area contributed by atoms with Crippen molar-refractivity contribution in [2.24, 2.45) is 0 Å². The van der Waals surface area contributed by atoms with Gasteiger partial charge in [0.15, 0.2) is 5.69 Å². The summed E-state index contributed by atoms with van der Waals surface area (Å²) in [4.78, 5) is 11.7. The number of benzene rings is 3. The fourth-order valence-electron chi connectivity index (χ4n) is 3.31. The van der Waals surface area contributed by atoms with Gasteiger partial charge in [-0.05, 0) is 29.0 Å². The molecule has 144 valence electrons. The molecule has 6 nitrogen and oxygen atoms in total. The van der Waals surface area contributed by atoms with Crippen LogP contribution in [0.5, 0.6) is 0 Å². The maximum absolute atomic E-state index is 13.3. The average Bonchev–Trinajstić information content (AvgIpc) is 3.04. The molecule has 0 bridgehead atoms. The van der Waals surface area contributed by atoms with Crippen LogP contribution >= 0.6 is 0 Å². The SMILES string of the molecule is COC(=O)c1ccc(-c2n(O)c(-c3ccccc3)c(-c3ccccc3)[n+]2[O-])cc1. The lowest BCUT2D eigenvalue weighted by Gasteiger charge is -2.07. The van der Waals surface area contributed by atoms with Gasteiger partial charge in [0, 0.05) is 11.1 Å². The van der Waals surface area contributed by atoms with Crippen molar-refractivity contribution in [3.63, 3.8) is 0 Å². The fourth-order valence-corrected chi connectivity index (χ4v) is 3.31. The highest BCUT2D eigenvalue weighted by molar-refractivity contribution is 5.90. The van der Waals surface area contributed by atoms with Gasteiger partial charge in [-0.25, -0.2) is 9.52 Å². The Morgan fingerprint density at radius 3 is 1.97 bits per heavy atom. The van der Waals surface area contributed by atoms with Crippen LogP contribution in [0.25, 0.3) is 33.9 Å². The molecule has 0 saturated heterocycles. The Balaban J connectivity index is 1.95. The number of ether oxygens (including phenoxy) is 1. The van der Waals surface area contributed by atoms with E-state index < -0.39 is 5.97 Å². The van der Waals surface area contributed by atoms with Crippen LogP contribution in [0.3, 0.4) is 0 Å². The third-order valence-electron chi connectivity index (χ3n) is 4.69. The summed E-state index contributed by atoms with van der Waals surface area (Å²) in [5, 5.41) is 24.3. The van der Waals surface area contributed by atoms with Crippen LogP contribution in [-0.2, 0) is 4.74 Å². The maximum Gasteiger partial charge on any atom is 0.337 e. The highest BCUT2D eigenvalue weighted by atomic mass is 16.5. The van der Waals surface area contributed by atoms with E-state index in [0.29, 0.717) is 38.4 Å². The zero-order valence-electron chi connectivity index (χ0n) is 15.6. The molecule has 0 aliphatic rings. The van der Waals surface area contributed by atoms with E-state index >= 15 is 0 Å². The quantitative estimate of drug-likeness (QED) is 0.247. The van der Waals surface area contributed by atoms with Crippen LogP contribution in [-0.4, -0.2) is 23.0 Å². The molecule has 3 aromatic carbocycles. The first-order valence-corrected chi connectivity index (χ1v) is 8.99. The van der Waals surface area contributed by atoms with E-state index in [2.05, 4.69) is 0 Å². The molecule has 6 heteroatoms. The number of imidazole rings is 1. The minimum absolute atomic E-state index is 0.0547. The molecule has 0 spiro atoms. The van der Waals surface area contributed by atoms with E-state index in [1.807, 2.05) is 60.7 Å². The molecule has 0 radical (unpaired) electrons. The van der Waals surface area contributed by atoms with Gasteiger partial charge >= 0.3 is 11.8 Å². The predicted octanol–water partition coefficient (Wildman–Crippen LogP) is 4.15. The summed E-state index contributed by atoms with van der Waals surface area (Å²) in [5.74, 6) is -0.417. The van der Waals surface area contributed by atoms with Gasteiger partial charge in [-0.1, -0.05) is 60.7 Å². The van der Waals surface area contributed by atoms with Crippen LogP contribution in [0.2, 0.25) is 0 Å². The number of hydrogen-bond donors (Lipinski definition) is 1. The number of nitrogens with zero attached hydrogens (tertiary/aromatic N) is 2. The lowest BCUT2D eigenvalue weighted by Crippen LogP contribution is -2.30. The van der Waals surface area contributed by atoms with Crippen LogP contribution in [0.1, 0.15) is 10.4 Å². The Labute approximate surface area is 167 Å². The maximum atomic E-state index is 13.3. The highest BCUT2D eigenvalue weighted by Crippen LogP contribution is 2.33. The topological polar surface area (TPSA) is 78.4 Å². The number of methoxy groups -OCH3 is 1. The van der Waals surface area contributed by atoms with Crippen LogP contribution in [0.4, 0.5) is 0 Å². The van der Waals surface area contributed by atoms with E-state index in [9.17, 15) is 15.2 Å². The molecule has 1 aromatic heterocycles. The molecule has 0 amide bonds. The molecule has 0 saturated carbocycles. The molecule has 1 heterocycles. The summed E-state index contributed by atoms with van der Waals surface area (Å²) >= 11 is 0. The Kier molecular flexibility index (Phi) is 4.75. The van der Waals surface area contributed by atoms with Crippen molar-refractivity contribution in [1.29, 1.82) is 0 Å². The number of carbonyl (C=O) groups excluding carboxylic acids is 1. The number of hydrogen-bond acceptors (Lipinski definition) is 4. The Morgan fingerprint density at radius 1 is 0.862 bits per heavy atom. The predicted molar refractivity (Wildman–Crippen MR) is 108 cm³/mol. The van der Waals surface area contributed by atoms with Gasteiger partial charge in [0.1, 0.15) is 0 Å². The molecule has 29 heavy (non-hydrogen) atoms. The van der Waals surface area contributed by atoms with E-state index in [4.69, 9.17) is 4.74 Å². The molecule has 4 aromatic rings. The third kappa shape index (κ3) is 3.21. The molecule has 0 aliphatic heterocycles. The fraction of sp³-hybridized carbons (Fsp3) is 0.0435. The smallest absolute Gasteiger partial charge is 0.337 e. The minimum Gasteiger partial charge on any atom is -0.710 e. The molecule has 1 N–H and O–H groups in total. The number of rotatable bonds is 4. The molecule has 0 unspecified atom stereocenters. The summed E-state index contributed by atoms with van der Waals surface area (Å²) < 4.78 is 6.32. The van der Waals surface area contributed by atoms with Crippen molar-refractivity contribution in [2.45, 2.75) is 0 Å². The van der Waals surface area contributed by atoms with Gasteiger partial charge in [0.2, 0.25) is 5.69 Å². The van der Waals surface area contributed by atoms with Crippen LogP contribution in [0.15, 0.2) is 84.9 Å². The second-order valence-corrected chi connectivity index (χ2v) is 6.43. The number of carbonyl (C=O) groups is 1. The average molecular weight is 386 g/mol. The summed E-state index contributed by atoms with van der Waals surface area (Å²) in [5.41, 5.74) is 2.94. The monoisotopic (exact) mass is 386 g/mol. The van der Waals surface area contributed by atoms with Crippen LogP contribution in [0, 0.1) is 5.21 Å². The van der Waals surface area contributed by atoms with Gasteiger partial charge < -0.3 is 15.2 Å². The van der Waals surface area contributed by atoms with Gasteiger partial charge in [-0.2, -0.15) is 0 Å². The molecule has 0 aliphatic carbocycles. The zero-order chi connectivity index (χ0) is 20.4. The molecular weight excluding hydrogens is 368 g/mol. The van der Waals surface area contributed by atoms with Gasteiger partial charge in [-0.15, -0.1) is 0 Å². The second kappa shape index (κ2) is 7.52. The van der Waals surface area contributed by atoms with E-state index in [1.54, 1.807) is 24.3 Å². The van der Waals surface area contributed by atoms with Gasteiger partial charge in [0.05, 0.1) is 18.2 Å². The lowest BCUT2D eigenvalue weighted by atomic mass is 10.1. The molecule has 4 rings (SSSR count). The first-order valence-electron chi connectivity index (χ1n) is 8.99. The van der Waals surface area contributed by atoms with Crippen LogP contribution < -0.4 is 4.73 Å². The minimum atomic E-state index is -0.471. The summed E-state index contributed by atoms with van der Waals surface area (Å²) in [6.07, 6.45) is 0. The zero-order valence-corrected chi connectivity index (χ0v) is 15.6. The van der Waals surface area contributed by atoms with Crippen molar-refractivity contribution in [3.8, 4) is 33.9 Å². The van der Waals surface area contributed by atoms with Crippen molar-refractivity contribution in [2.75, 3.05) is 7.11 Å². The molecule has 0 fully saturated rings. The van der Waals surface area contributed by atoms with E-state index in [1.165, 1.54) is 7.11 Å². The summed E-state index contributed by atoms with van der Waals surface area (Å²) in [6, 6.07) is 24.7. The van der Waals surface area contributed by atoms with Crippen molar-refractivity contribution >= 4 is 5.97 Å². The second-order valence-electron chi connectivity index (χ2n) is 6.43. The third-order valence-corrected chi connectivity index (χ3v) is 4.69.